The summed E-state index contributed by atoms with van der Waals surface area (Å²) in [4.78, 5) is 24.4. The number of ether oxygens (including phenoxy) is 1. The number of carbonyl (C=O) groups excluding carboxylic acids is 1. The van der Waals surface area contributed by atoms with E-state index in [9.17, 15) is 14.7 Å². The number of aromatic hydroxyl groups is 1. The summed E-state index contributed by atoms with van der Waals surface area (Å²) in [6.07, 6.45) is 6.50. The molecule has 5 nitrogen and oxygen atoms in total. The summed E-state index contributed by atoms with van der Waals surface area (Å²) < 4.78 is 11.1. The van der Waals surface area contributed by atoms with E-state index in [0.717, 1.165) is 38.5 Å². The monoisotopic (exact) mass is 456 g/mol. The molecule has 1 N–H and O–H groups in total. The molecule has 4 rings (SSSR count). The molecule has 0 amide bonds. The highest BCUT2D eigenvalue weighted by Crippen LogP contribution is 2.69. The summed E-state index contributed by atoms with van der Waals surface area (Å²) in [5.41, 5.74) is 1.16. The molecule has 1 heterocycles. The van der Waals surface area contributed by atoms with Gasteiger partial charge in [-0.2, -0.15) is 0 Å². The van der Waals surface area contributed by atoms with Gasteiger partial charge in [-0.3, -0.25) is 4.79 Å². The zero-order chi connectivity index (χ0) is 24.3. The molecule has 1 aromatic heterocycles. The van der Waals surface area contributed by atoms with Crippen LogP contribution in [0.5, 0.6) is 5.75 Å². The van der Waals surface area contributed by atoms with Gasteiger partial charge in [-0.05, 0) is 80.5 Å². The fourth-order valence-corrected chi connectivity index (χ4v) is 8.41. The van der Waals surface area contributed by atoms with Crippen molar-refractivity contribution >= 4 is 5.97 Å². The Hall–Kier alpha value is -2.04. The van der Waals surface area contributed by atoms with E-state index in [0.29, 0.717) is 29.6 Å². The van der Waals surface area contributed by atoms with Crippen molar-refractivity contribution in [3.05, 3.63) is 40.0 Å². The minimum Gasteiger partial charge on any atom is -0.507 e. The number of fused-ring (bicyclic) bond motifs is 3. The molecule has 3 aliphatic carbocycles. The Morgan fingerprint density at radius 3 is 2.45 bits per heavy atom. The molecule has 0 bridgehead atoms. The second-order valence-corrected chi connectivity index (χ2v) is 12.1. The Morgan fingerprint density at radius 1 is 1.15 bits per heavy atom. The zero-order valence-electron chi connectivity index (χ0n) is 21.1. The third-order valence-electron chi connectivity index (χ3n) is 9.94. The van der Waals surface area contributed by atoms with E-state index in [1.807, 2.05) is 0 Å². The third kappa shape index (κ3) is 3.76. The number of esters is 1. The van der Waals surface area contributed by atoms with Crippen LogP contribution >= 0.6 is 0 Å². The topological polar surface area (TPSA) is 76.7 Å². The van der Waals surface area contributed by atoms with Gasteiger partial charge >= 0.3 is 11.6 Å². The molecular formula is C28H40O5. The Balaban J connectivity index is 1.69. The van der Waals surface area contributed by atoms with Crippen molar-refractivity contribution < 1.29 is 19.1 Å². The van der Waals surface area contributed by atoms with Crippen LogP contribution in [0.15, 0.2) is 27.4 Å². The van der Waals surface area contributed by atoms with Crippen LogP contribution in [0.2, 0.25) is 0 Å². The summed E-state index contributed by atoms with van der Waals surface area (Å²) in [5.74, 6) is 1.34. The van der Waals surface area contributed by atoms with E-state index < -0.39 is 5.63 Å². The molecule has 1 aromatic rings. The first-order valence-electron chi connectivity index (χ1n) is 12.5. The SMILES string of the molecule is C=C1CC[C@H]2[C@]3(C)CC[C@@H](OC(C)=O)C(C)(C)[C@H]3CC[C@]2(C)[C@H]1Cc1c(O)cc(C)oc1=O. The molecule has 6 atom stereocenters. The number of aryl methyl sites for hydroxylation is 1. The Morgan fingerprint density at radius 2 is 1.82 bits per heavy atom. The van der Waals surface area contributed by atoms with Crippen LogP contribution in [0.4, 0.5) is 0 Å². The second-order valence-electron chi connectivity index (χ2n) is 12.1. The van der Waals surface area contributed by atoms with Crippen molar-refractivity contribution in [3.8, 4) is 5.75 Å². The lowest BCUT2D eigenvalue weighted by Gasteiger charge is -2.66. The van der Waals surface area contributed by atoms with Crippen LogP contribution in [0, 0.1) is 40.9 Å². The molecule has 0 spiro atoms. The minimum absolute atomic E-state index is 0.00526. The van der Waals surface area contributed by atoms with Gasteiger partial charge in [-0.1, -0.05) is 39.8 Å². The van der Waals surface area contributed by atoms with Crippen molar-refractivity contribution in [3.63, 3.8) is 0 Å². The summed E-state index contributed by atoms with van der Waals surface area (Å²) in [5, 5.41) is 10.5. The number of carbonyl (C=O) groups is 1. The minimum atomic E-state index is -0.436. The van der Waals surface area contributed by atoms with Gasteiger partial charge in [0.2, 0.25) is 0 Å². The molecule has 3 aliphatic rings. The van der Waals surface area contributed by atoms with Crippen LogP contribution in [-0.2, 0) is 16.0 Å². The summed E-state index contributed by atoms with van der Waals surface area (Å²) in [6.45, 7) is 17.0. The maximum absolute atomic E-state index is 12.6. The number of hydrogen-bond donors (Lipinski definition) is 1. The molecule has 0 saturated heterocycles. The molecule has 3 saturated carbocycles. The van der Waals surface area contributed by atoms with Gasteiger partial charge < -0.3 is 14.3 Å². The van der Waals surface area contributed by atoms with Crippen LogP contribution in [0.25, 0.3) is 0 Å². The van der Waals surface area contributed by atoms with Crippen molar-refractivity contribution in [2.75, 3.05) is 0 Å². The largest absolute Gasteiger partial charge is 0.507 e. The maximum Gasteiger partial charge on any atom is 0.342 e. The fourth-order valence-electron chi connectivity index (χ4n) is 8.41. The number of rotatable bonds is 3. The molecule has 3 fully saturated rings. The van der Waals surface area contributed by atoms with Crippen LogP contribution in [0.1, 0.15) is 84.5 Å². The fraction of sp³-hybridized carbons (Fsp3) is 0.714. The highest BCUT2D eigenvalue weighted by molar-refractivity contribution is 5.66. The van der Waals surface area contributed by atoms with Crippen molar-refractivity contribution in [2.45, 2.75) is 92.6 Å². The van der Waals surface area contributed by atoms with Crippen LogP contribution in [-0.4, -0.2) is 17.2 Å². The normalized spacial score (nSPS) is 37.7. The predicted molar refractivity (Wildman–Crippen MR) is 128 cm³/mol. The average molecular weight is 457 g/mol. The maximum atomic E-state index is 12.6. The van der Waals surface area contributed by atoms with E-state index in [-0.39, 0.29) is 40.0 Å². The lowest BCUT2D eigenvalue weighted by Crippen LogP contribution is -2.61. The van der Waals surface area contributed by atoms with Crippen molar-refractivity contribution in [1.82, 2.24) is 0 Å². The zero-order valence-corrected chi connectivity index (χ0v) is 21.1. The number of hydrogen-bond acceptors (Lipinski definition) is 5. The van der Waals surface area contributed by atoms with E-state index in [4.69, 9.17) is 9.15 Å². The molecule has 0 aromatic carbocycles. The molecule has 182 valence electrons. The van der Waals surface area contributed by atoms with Crippen molar-refractivity contribution in [1.29, 1.82) is 0 Å². The molecule has 5 heteroatoms. The molecule has 0 aliphatic heterocycles. The first kappa shape index (κ1) is 24.1. The first-order chi connectivity index (χ1) is 15.3. The quantitative estimate of drug-likeness (QED) is 0.449. The first-order valence-corrected chi connectivity index (χ1v) is 12.5. The van der Waals surface area contributed by atoms with Gasteiger partial charge in [-0.15, -0.1) is 0 Å². The lowest BCUT2D eigenvalue weighted by atomic mass is 9.38. The highest BCUT2D eigenvalue weighted by Gasteiger charge is 2.63. The van der Waals surface area contributed by atoms with E-state index in [1.54, 1.807) is 13.0 Å². The van der Waals surface area contributed by atoms with Crippen LogP contribution < -0.4 is 5.63 Å². The summed E-state index contributed by atoms with van der Waals surface area (Å²) >= 11 is 0. The summed E-state index contributed by atoms with van der Waals surface area (Å²) in [7, 11) is 0. The standard InChI is InChI=1S/C28H40O5/c1-16-8-9-23-27(6,20(16)15-19-21(30)14-17(2)32-25(19)31)12-10-22-26(4,5)24(33-18(3)29)11-13-28(22,23)7/h14,20,22-24,30H,1,8-13,15H2,2-7H3/t20-,22+,23+,24+,27+,28+/m0/s1. The highest BCUT2D eigenvalue weighted by atomic mass is 16.5. The molecular weight excluding hydrogens is 416 g/mol. The van der Waals surface area contributed by atoms with Crippen molar-refractivity contribution in [2.24, 2.45) is 34.0 Å². The smallest absolute Gasteiger partial charge is 0.342 e. The third-order valence-corrected chi connectivity index (χ3v) is 9.94. The van der Waals surface area contributed by atoms with Gasteiger partial charge in [-0.25, -0.2) is 4.79 Å². The number of allylic oxidation sites excluding steroid dienone is 1. The van der Waals surface area contributed by atoms with Gasteiger partial charge in [0.25, 0.3) is 0 Å². The van der Waals surface area contributed by atoms with Crippen LogP contribution in [0.3, 0.4) is 0 Å². The van der Waals surface area contributed by atoms with Gasteiger partial charge in [0.1, 0.15) is 17.6 Å². The Kier molecular flexibility index (Phi) is 5.86. The van der Waals surface area contributed by atoms with Gasteiger partial charge in [0, 0.05) is 18.4 Å². The Bertz CT molecular complexity index is 1020. The average Bonchev–Trinajstić information content (AvgIpc) is 2.68. The molecule has 0 unspecified atom stereocenters. The second kappa shape index (κ2) is 8.02. The van der Waals surface area contributed by atoms with Gasteiger partial charge in [0.15, 0.2) is 0 Å². The molecule has 0 radical (unpaired) electrons. The molecule has 33 heavy (non-hydrogen) atoms. The Labute approximate surface area is 197 Å². The van der Waals surface area contributed by atoms with E-state index >= 15 is 0 Å². The summed E-state index contributed by atoms with van der Waals surface area (Å²) in [6, 6.07) is 1.54. The lowest BCUT2D eigenvalue weighted by molar-refractivity contribution is -0.200. The van der Waals surface area contributed by atoms with E-state index in [2.05, 4.69) is 34.3 Å². The van der Waals surface area contributed by atoms with E-state index in [1.165, 1.54) is 12.5 Å². The predicted octanol–water partition coefficient (Wildman–Crippen LogP) is 5.95. The van der Waals surface area contributed by atoms with Gasteiger partial charge in [0.05, 0.1) is 5.56 Å².